The summed E-state index contributed by atoms with van der Waals surface area (Å²) in [7, 11) is 0. The number of anilines is 1. The molecule has 0 aliphatic heterocycles. The number of carbonyl (C=O) groups is 1. The Morgan fingerprint density at radius 1 is 1.26 bits per heavy atom. The molecular formula is C17H16N6O4. The topological polar surface area (TPSA) is 129 Å². The SMILES string of the molecule is CC(C)n1ccc(-c2nnc(NC(=O)/C=C\c3ccc([N+](=O)[O-])cc3)o2)n1. The summed E-state index contributed by atoms with van der Waals surface area (Å²) in [6, 6.07) is 7.69. The molecule has 0 spiro atoms. The van der Waals surface area contributed by atoms with Crippen LogP contribution in [0.1, 0.15) is 25.5 Å². The quantitative estimate of drug-likeness (QED) is 0.402. The van der Waals surface area contributed by atoms with Crippen LogP contribution in [0.25, 0.3) is 17.7 Å². The highest BCUT2D eigenvalue weighted by Gasteiger charge is 2.13. The number of hydrogen-bond acceptors (Lipinski definition) is 7. The van der Waals surface area contributed by atoms with Crippen molar-refractivity contribution in [2.24, 2.45) is 0 Å². The predicted molar refractivity (Wildman–Crippen MR) is 96.7 cm³/mol. The Kier molecular flexibility index (Phi) is 5.06. The minimum atomic E-state index is -0.489. The molecular weight excluding hydrogens is 352 g/mol. The molecule has 0 unspecified atom stereocenters. The molecule has 0 saturated carbocycles. The van der Waals surface area contributed by atoms with Gasteiger partial charge >= 0.3 is 6.01 Å². The van der Waals surface area contributed by atoms with Crippen LogP contribution in [0.4, 0.5) is 11.7 Å². The molecule has 0 bridgehead atoms. The minimum Gasteiger partial charge on any atom is -0.401 e. The number of carbonyl (C=O) groups excluding carboxylic acids is 1. The Morgan fingerprint density at radius 3 is 2.63 bits per heavy atom. The van der Waals surface area contributed by atoms with Crippen LogP contribution < -0.4 is 5.32 Å². The Bertz CT molecular complexity index is 987. The largest absolute Gasteiger partial charge is 0.401 e. The number of hydrogen-bond donors (Lipinski definition) is 1. The number of non-ortho nitro benzene ring substituents is 1. The molecule has 0 radical (unpaired) electrons. The fraction of sp³-hybridized carbons (Fsp3) is 0.176. The number of aromatic nitrogens is 4. The number of benzene rings is 1. The Balaban J connectivity index is 1.62. The van der Waals surface area contributed by atoms with Gasteiger partial charge in [0.15, 0.2) is 0 Å². The second-order valence-corrected chi connectivity index (χ2v) is 5.86. The van der Waals surface area contributed by atoms with Gasteiger partial charge in [-0.15, -0.1) is 5.10 Å². The van der Waals surface area contributed by atoms with Crippen molar-refractivity contribution < 1.29 is 14.1 Å². The lowest BCUT2D eigenvalue weighted by molar-refractivity contribution is -0.384. The van der Waals surface area contributed by atoms with Crippen LogP contribution >= 0.6 is 0 Å². The van der Waals surface area contributed by atoms with Crippen molar-refractivity contribution in [1.82, 2.24) is 20.0 Å². The first kappa shape index (κ1) is 18.0. The summed E-state index contributed by atoms with van der Waals surface area (Å²) in [4.78, 5) is 22.1. The van der Waals surface area contributed by atoms with Crippen LogP contribution in [-0.4, -0.2) is 30.8 Å². The second kappa shape index (κ2) is 7.60. The van der Waals surface area contributed by atoms with E-state index in [-0.39, 0.29) is 23.6 Å². The fourth-order valence-corrected chi connectivity index (χ4v) is 2.14. The molecule has 2 aromatic heterocycles. The van der Waals surface area contributed by atoms with Crippen molar-refractivity contribution in [1.29, 1.82) is 0 Å². The van der Waals surface area contributed by atoms with E-state index in [0.29, 0.717) is 11.3 Å². The maximum Gasteiger partial charge on any atom is 0.322 e. The van der Waals surface area contributed by atoms with Gasteiger partial charge in [-0.3, -0.25) is 24.9 Å². The second-order valence-electron chi connectivity index (χ2n) is 5.86. The fourth-order valence-electron chi connectivity index (χ4n) is 2.14. The van der Waals surface area contributed by atoms with Crippen LogP contribution in [0, 0.1) is 10.1 Å². The zero-order chi connectivity index (χ0) is 19.4. The molecule has 1 aromatic carbocycles. The lowest BCUT2D eigenvalue weighted by Gasteiger charge is -2.02. The van der Waals surface area contributed by atoms with Crippen LogP contribution in [0.2, 0.25) is 0 Å². The number of rotatable bonds is 6. The molecule has 2 heterocycles. The number of nitrogens with one attached hydrogen (secondary N) is 1. The van der Waals surface area contributed by atoms with E-state index in [9.17, 15) is 14.9 Å². The van der Waals surface area contributed by atoms with Gasteiger partial charge in [0.2, 0.25) is 0 Å². The van der Waals surface area contributed by atoms with Gasteiger partial charge in [0.05, 0.1) is 4.92 Å². The molecule has 10 heteroatoms. The van der Waals surface area contributed by atoms with Crippen molar-refractivity contribution in [3.05, 3.63) is 58.3 Å². The van der Waals surface area contributed by atoms with Gasteiger partial charge in [-0.1, -0.05) is 5.10 Å². The molecule has 0 saturated heterocycles. The van der Waals surface area contributed by atoms with Gasteiger partial charge in [0.1, 0.15) is 5.69 Å². The van der Waals surface area contributed by atoms with Gasteiger partial charge in [-0.2, -0.15) is 5.10 Å². The molecule has 10 nitrogen and oxygen atoms in total. The third kappa shape index (κ3) is 4.42. The van der Waals surface area contributed by atoms with Crippen molar-refractivity contribution in [3.8, 4) is 11.6 Å². The number of amides is 1. The monoisotopic (exact) mass is 368 g/mol. The smallest absolute Gasteiger partial charge is 0.322 e. The average molecular weight is 368 g/mol. The molecule has 138 valence electrons. The zero-order valence-corrected chi connectivity index (χ0v) is 14.6. The first-order valence-corrected chi connectivity index (χ1v) is 8.05. The molecule has 3 aromatic rings. The van der Waals surface area contributed by atoms with Crippen LogP contribution in [0.5, 0.6) is 0 Å². The maximum absolute atomic E-state index is 11.9. The molecule has 0 fully saturated rings. The van der Waals surface area contributed by atoms with E-state index in [0.717, 1.165) is 0 Å². The van der Waals surface area contributed by atoms with Gasteiger partial charge in [-0.05, 0) is 43.7 Å². The summed E-state index contributed by atoms with van der Waals surface area (Å²) in [5, 5.41) is 25.0. The first-order valence-electron chi connectivity index (χ1n) is 8.05. The number of nitrogens with zero attached hydrogens (tertiary/aromatic N) is 5. The number of nitro groups is 1. The Hall–Kier alpha value is -3.82. The molecule has 1 amide bonds. The minimum absolute atomic E-state index is 0.0186. The van der Waals surface area contributed by atoms with Crippen molar-refractivity contribution in [2.75, 3.05) is 5.32 Å². The number of nitro benzene ring substituents is 1. The van der Waals surface area contributed by atoms with E-state index in [1.807, 2.05) is 13.8 Å². The Labute approximate surface area is 153 Å². The van der Waals surface area contributed by atoms with Crippen molar-refractivity contribution in [3.63, 3.8) is 0 Å². The molecule has 0 aliphatic rings. The first-order chi connectivity index (χ1) is 12.9. The molecule has 1 N–H and O–H groups in total. The van der Waals surface area contributed by atoms with E-state index in [2.05, 4.69) is 20.6 Å². The van der Waals surface area contributed by atoms with E-state index in [1.54, 1.807) is 16.9 Å². The van der Waals surface area contributed by atoms with Gasteiger partial charge in [-0.25, -0.2) is 0 Å². The summed E-state index contributed by atoms with van der Waals surface area (Å²) in [5.74, 6) is -0.277. The van der Waals surface area contributed by atoms with Crippen LogP contribution in [0.3, 0.4) is 0 Å². The van der Waals surface area contributed by atoms with Crippen LogP contribution in [0.15, 0.2) is 47.0 Å². The zero-order valence-electron chi connectivity index (χ0n) is 14.6. The van der Waals surface area contributed by atoms with Crippen LogP contribution in [-0.2, 0) is 4.79 Å². The molecule has 0 atom stereocenters. The molecule has 0 aliphatic carbocycles. The predicted octanol–water partition coefficient (Wildman–Crippen LogP) is 3.07. The summed E-state index contributed by atoms with van der Waals surface area (Å²) < 4.78 is 7.14. The van der Waals surface area contributed by atoms with Crippen molar-refractivity contribution in [2.45, 2.75) is 19.9 Å². The van der Waals surface area contributed by atoms with Gasteiger partial charge in [0, 0.05) is 30.4 Å². The van der Waals surface area contributed by atoms with Gasteiger partial charge < -0.3 is 4.42 Å². The lowest BCUT2D eigenvalue weighted by atomic mass is 10.2. The highest BCUT2D eigenvalue weighted by atomic mass is 16.6. The summed E-state index contributed by atoms with van der Waals surface area (Å²) >= 11 is 0. The third-order valence-electron chi connectivity index (χ3n) is 3.54. The Morgan fingerprint density at radius 2 is 2.00 bits per heavy atom. The highest BCUT2D eigenvalue weighted by Crippen LogP contribution is 2.19. The van der Waals surface area contributed by atoms with Gasteiger partial charge in [0.25, 0.3) is 17.5 Å². The van der Waals surface area contributed by atoms with E-state index in [1.165, 1.54) is 36.4 Å². The molecule has 27 heavy (non-hydrogen) atoms. The lowest BCUT2D eigenvalue weighted by Crippen LogP contribution is -2.07. The highest BCUT2D eigenvalue weighted by molar-refractivity contribution is 6.00. The van der Waals surface area contributed by atoms with E-state index in [4.69, 9.17) is 4.42 Å². The normalized spacial score (nSPS) is 11.2. The van der Waals surface area contributed by atoms with E-state index < -0.39 is 10.8 Å². The third-order valence-corrected chi connectivity index (χ3v) is 3.54. The maximum atomic E-state index is 11.9. The summed E-state index contributed by atoms with van der Waals surface area (Å²) in [5.41, 5.74) is 1.13. The molecule has 3 rings (SSSR count). The summed E-state index contributed by atoms with van der Waals surface area (Å²) in [6.07, 6.45) is 4.58. The standard InChI is InChI=1S/C17H16N6O4/c1-11(2)22-10-9-14(21-22)16-19-20-17(27-16)18-15(24)8-5-12-3-6-13(7-4-12)23(25)26/h3-11H,1-2H3,(H,18,20,24)/b8-5-. The summed E-state index contributed by atoms with van der Waals surface area (Å²) in [6.45, 7) is 3.99. The van der Waals surface area contributed by atoms with E-state index >= 15 is 0 Å². The average Bonchev–Trinajstić information content (AvgIpc) is 3.29. The van der Waals surface area contributed by atoms with Crippen molar-refractivity contribution >= 4 is 23.7 Å².